The first kappa shape index (κ1) is 24.3. The Morgan fingerprint density at radius 3 is 2.70 bits per heavy atom. The van der Waals surface area contributed by atoms with Gasteiger partial charge in [-0.2, -0.15) is 0 Å². The smallest absolute Gasteiger partial charge is 0.250 e. The summed E-state index contributed by atoms with van der Waals surface area (Å²) in [5.74, 6) is -1.84. The number of ether oxygens (including phenoxy) is 2. The molecular weight excluding hydrogens is 482 g/mol. The number of carbonyl (C=O) groups excluding carboxylic acids is 1. The highest BCUT2D eigenvalue weighted by Crippen LogP contribution is 2.35. The molecule has 37 heavy (non-hydrogen) atoms. The molecule has 1 saturated heterocycles. The minimum absolute atomic E-state index is 0.0333. The molecular formula is C26H26F2N6O3. The zero-order chi connectivity index (χ0) is 26.1. The van der Waals surface area contributed by atoms with Gasteiger partial charge in [0.15, 0.2) is 11.6 Å². The molecule has 0 spiro atoms. The molecule has 0 bridgehead atoms. The molecule has 2 aromatic carbocycles. The first-order valence-electron chi connectivity index (χ1n) is 11.7. The number of aromatic nitrogens is 2. The summed E-state index contributed by atoms with van der Waals surface area (Å²) < 4.78 is 38.8. The summed E-state index contributed by atoms with van der Waals surface area (Å²) in [5, 5.41) is 6.99. The van der Waals surface area contributed by atoms with E-state index in [0.29, 0.717) is 41.4 Å². The second-order valence-electron chi connectivity index (χ2n) is 8.76. The molecule has 5 N–H and O–H groups in total. The Morgan fingerprint density at radius 1 is 1.14 bits per heavy atom. The largest absolute Gasteiger partial charge is 0.494 e. The topological polar surface area (TPSA) is 118 Å². The highest BCUT2D eigenvalue weighted by Gasteiger charge is 2.21. The number of nitrogens with one attached hydrogen (secondary N) is 3. The van der Waals surface area contributed by atoms with Crippen LogP contribution in [-0.4, -0.2) is 48.8 Å². The van der Waals surface area contributed by atoms with Gasteiger partial charge in [0.05, 0.1) is 60.9 Å². The van der Waals surface area contributed by atoms with Crippen molar-refractivity contribution >= 4 is 45.4 Å². The molecule has 3 heterocycles. The number of morpholine rings is 1. The van der Waals surface area contributed by atoms with Crippen molar-refractivity contribution < 1.29 is 23.0 Å². The molecule has 5 rings (SSSR count). The Morgan fingerprint density at radius 2 is 1.95 bits per heavy atom. The van der Waals surface area contributed by atoms with Gasteiger partial charge in [0, 0.05) is 35.8 Å². The Kier molecular flexibility index (Phi) is 6.53. The van der Waals surface area contributed by atoms with Crippen molar-refractivity contribution in [1.82, 2.24) is 9.97 Å². The van der Waals surface area contributed by atoms with Gasteiger partial charge in [-0.1, -0.05) is 0 Å². The van der Waals surface area contributed by atoms with Gasteiger partial charge in [-0.25, -0.2) is 8.78 Å². The number of nitrogens with zero attached hydrogens (tertiary/aromatic N) is 2. The minimum Gasteiger partial charge on any atom is -0.494 e. The first-order chi connectivity index (χ1) is 17.8. The van der Waals surface area contributed by atoms with Crippen molar-refractivity contribution in [3.63, 3.8) is 0 Å². The van der Waals surface area contributed by atoms with Crippen LogP contribution in [0.2, 0.25) is 0 Å². The summed E-state index contributed by atoms with van der Waals surface area (Å²) in [5.41, 5.74) is 8.16. The molecule has 1 aliphatic heterocycles. The number of hydrogen-bond donors (Lipinski definition) is 4. The van der Waals surface area contributed by atoms with Gasteiger partial charge in [-0.3, -0.25) is 9.78 Å². The Bertz CT molecular complexity index is 1470. The molecule has 11 heteroatoms. The van der Waals surface area contributed by atoms with Gasteiger partial charge in [0.2, 0.25) is 0 Å². The van der Waals surface area contributed by atoms with E-state index in [1.54, 1.807) is 13.3 Å². The number of carbonyl (C=O) groups is 1. The van der Waals surface area contributed by atoms with Crippen LogP contribution in [0.4, 0.5) is 37.3 Å². The minimum atomic E-state index is -1.16. The van der Waals surface area contributed by atoms with E-state index in [-0.39, 0.29) is 17.3 Å². The molecule has 0 radical (unpaired) electrons. The zero-order valence-corrected chi connectivity index (χ0v) is 20.3. The van der Waals surface area contributed by atoms with Crippen molar-refractivity contribution in [2.45, 2.75) is 13.0 Å². The highest BCUT2D eigenvalue weighted by molar-refractivity contribution is 6.02. The van der Waals surface area contributed by atoms with Crippen LogP contribution < -0.4 is 26.0 Å². The van der Waals surface area contributed by atoms with Crippen LogP contribution in [0.5, 0.6) is 5.75 Å². The van der Waals surface area contributed by atoms with E-state index in [4.69, 9.17) is 15.2 Å². The average Bonchev–Trinajstić information content (AvgIpc) is 3.30. The Balaban J connectivity index is 1.44. The predicted molar refractivity (Wildman–Crippen MR) is 138 cm³/mol. The number of nitrogens with two attached hydrogens (primary N) is 1. The average molecular weight is 509 g/mol. The lowest BCUT2D eigenvalue weighted by atomic mass is 10.1. The maximum absolute atomic E-state index is 13.9. The molecule has 1 fully saturated rings. The third-order valence-corrected chi connectivity index (χ3v) is 6.29. The van der Waals surface area contributed by atoms with Gasteiger partial charge >= 0.3 is 0 Å². The van der Waals surface area contributed by atoms with Crippen LogP contribution in [-0.2, 0) is 4.74 Å². The standard InChI is InChI=1S/C26H26F2N6O3/c1-14-13-37-6-5-34(14)15-3-4-20(24(7-15)36-2)32-25-9-16-22(11-30-12-23(16)33-25)31-21-10-19(28)18(27)8-17(21)26(29)35/h3-4,7-12,14,31-33H,5-6,13H2,1-2H3,(H2,29,35)/t14-/m0/s1. The van der Waals surface area contributed by atoms with E-state index in [0.717, 1.165) is 30.1 Å². The fraction of sp³-hybridized carbons (Fsp3) is 0.231. The second kappa shape index (κ2) is 9.94. The van der Waals surface area contributed by atoms with Gasteiger partial charge in [-0.15, -0.1) is 0 Å². The number of pyridine rings is 1. The molecule has 0 unspecified atom stereocenters. The van der Waals surface area contributed by atoms with E-state index in [1.807, 2.05) is 24.3 Å². The SMILES string of the molecule is COc1cc(N2CCOC[C@@H]2C)ccc1Nc1cc2c(Nc3cc(F)c(F)cc3C(N)=O)cncc2[nH]1. The number of hydrogen-bond acceptors (Lipinski definition) is 7. The normalized spacial score (nSPS) is 15.6. The maximum Gasteiger partial charge on any atom is 0.250 e. The molecule has 2 aromatic heterocycles. The summed E-state index contributed by atoms with van der Waals surface area (Å²) in [7, 11) is 1.61. The molecule has 0 saturated carbocycles. The quantitative estimate of drug-likeness (QED) is 0.287. The lowest BCUT2D eigenvalue weighted by Crippen LogP contribution is -2.43. The van der Waals surface area contributed by atoms with Crippen LogP contribution >= 0.6 is 0 Å². The van der Waals surface area contributed by atoms with E-state index < -0.39 is 17.5 Å². The lowest BCUT2D eigenvalue weighted by Gasteiger charge is -2.35. The van der Waals surface area contributed by atoms with Crippen LogP contribution in [0, 0.1) is 11.6 Å². The first-order valence-corrected chi connectivity index (χ1v) is 11.7. The Hall–Kier alpha value is -4.38. The summed E-state index contributed by atoms with van der Waals surface area (Å²) >= 11 is 0. The summed E-state index contributed by atoms with van der Waals surface area (Å²) in [6, 6.07) is 9.70. The molecule has 1 aliphatic rings. The number of methoxy groups -OCH3 is 1. The fourth-order valence-electron chi connectivity index (χ4n) is 4.43. The van der Waals surface area contributed by atoms with Crippen LogP contribution in [0.25, 0.3) is 10.9 Å². The predicted octanol–water partition coefficient (Wildman–Crippen LogP) is 4.66. The molecule has 0 aliphatic carbocycles. The van der Waals surface area contributed by atoms with Gasteiger partial charge in [-0.05, 0) is 31.2 Å². The third kappa shape index (κ3) is 4.85. The number of fused-ring (bicyclic) bond motifs is 1. The van der Waals surface area contributed by atoms with Gasteiger partial charge in [0.25, 0.3) is 5.91 Å². The number of halogens is 2. The van der Waals surface area contributed by atoms with Crippen LogP contribution in [0.15, 0.2) is 48.8 Å². The number of primary amides is 1. The van der Waals surface area contributed by atoms with E-state index in [1.165, 1.54) is 6.20 Å². The van der Waals surface area contributed by atoms with Crippen molar-refractivity contribution in [2.75, 3.05) is 42.4 Å². The molecule has 192 valence electrons. The number of rotatable bonds is 7. The van der Waals surface area contributed by atoms with Crippen molar-refractivity contribution in [2.24, 2.45) is 5.73 Å². The van der Waals surface area contributed by atoms with E-state index in [2.05, 4.69) is 32.4 Å². The number of H-pyrrole nitrogens is 1. The zero-order valence-electron chi connectivity index (χ0n) is 20.3. The highest BCUT2D eigenvalue weighted by atomic mass is 19.2. The molecule has 9 nitrogen and oxygen atoms in total. The van der Waals surface area contributed by atoms with E-state index >= 15 is 0 Å². The second-order valence-corrected chi connectivity index (χ2v) is 8.76. The summed E-state index contributed by atoms with van der Waals surface area (Å²) in [6.45, 7) is 4.27. The van der Waals surface area contributed by atoms with Crippen molar-refractivity contribution in [1.29, 1.82) is 0 Å². The maximum atomic E-state index is 13.9. The fourth-order valence-corrected chi connectivity index (χ4v) is 4.43. The van der Waals surface area contributed by atoms with Crippen molar-refractivity contribution in [3.05, 3.63) is 66.0 Å². The number of anilines is 5. The number of aromatic amines is 1. The van der Waals surface area contributed by atoms with E-state index in [9.17, 15) is 13.6 Å². The molecule has 1 atom stereocenters. The van der Waals surface area contributed by atoms with Crippen LogP contribution in [0.1, 0.15) is 17.3 Å². The van der Waals surface area contributed by atoms with Gasteiger partial charge in [0.1, 0.15) is 11.6 Å². The molecule has 4 aromatic rings. The number of amides is 1. The monoisotopic (exact) mass is 508 g/mol. The number of benzene rings is 2. The Labute approximate surface area is 211 Å². The molecule has 1 amide bonds. The summed E-state index contributed by atoms with van der Waals surface area (Å²) in [4.78, 5) is 21.5. The summed E-state index contributed by atoms with van der Waals surface area (Å²) in [6.07, 6.45) is 3.15. The third-order valence-electron chi connectivity index (χ3n) is 6.29. The van der Waals surface area contributed by atoms with Gasteiger partial charge < -0.3 is 35.7 Å². The lowest BCUT2D eigenvalue weighted by molar-refractivity contribution is 0.0989. The van der Waals surface area contributed by atoms with Crippen LogP contribution in [0.3, 0.4) is 0 Å². The van der Waals surface area contributed by atoms with Crippen molar-refractivity contribution in [3.8, 4) is 5.75 Å².